The Morgan fingerprint density at radius 3 is 2.43 bits per heavy atom. The van der Waals surface area contributed by atoms with Gasteiger partial charge in [0, 0.05) is 29.8 Å². The fraction of sp³-hybridized carbons (Fsp3) is 0.130. The highest BCUT2D eigenvalue weighted by atomic mass is 16.6. The van der Waals surface area contributed by atoms with Gasteiger partial charge in [0.25, 0.3) is 5.69 Å². The third-order valence-electron chi connectivity index (χ3n) is 4.64. The Morgan fingerprint density at radius 2 is 1.83 bits per heavy atom. The van der Waals surface area contributed by atoms with Gasteiger partial charge in [-0.1, -0.05) is 12.1 Å². The highest BCUT2D eigenvalue weighted by molar-refractivity contribution is 5.96. The molecule has 1 unspecified atom stereocenters. The highest BCUT2D eigenvalue weighted by Crippen LogP contribution is 2.27. The predicted octanol–water partition coefficient (Wildman–Crippen LogP) is 4.90. The molecular weight excluding hydrogens is 382 g/mol. The number of ether oxygens (including phenoxy) is 1. The van der Waals surface area contributed by atoms with E-state index in [9.17, 15) is 20.2 Å². The number of hydrogen-bond acceptors (Lipinski definition) is 6. The number of nitro benzene ring substituents is 1. The van der Waals surface area contributed by atoms with Gasteiger partial charge in [-0.05, 0) is 54.1 Å². The second-order valence-corrected chi connectivity index (χ2v) is 6.59. The lowest BCUT2D eigenvalue weighted by molar-refractivity contribution is -0.384. The first-order valence-electron chi connectivity index (χ1n) is 9.18. The molecule has 0 spiro atoms. The van der Waals surface area contributed by atoms with Gasteiger partial charge in [-0.2, -0.15) is 5.26 Å². The smallest absolute Gasteiger partial charge is 0.269 e. The summed E-state index contributed by atoms with van der Waals surface area (Å²) in [7, 11) is 1.56. The van der Waals surface area contributed by atoms with Crippen LogP contribution in [0.5, 0.6) is 5.75 Å². The molecule has 0 saturated carbocycles. The molecule has 0 amide bonds. The van der Waals surface area contributed by atoms with Crippen molar-refractivity contribution < 1.29 is 14.5 Å². The number of nitrogens with one attached hydrogen (secondary N) is 1. The fourth-order valence-corrected chi connectivity index (χ4v) is 3.04. The standard InChI is InChI=1S/C23H19N3O4/c1-30-21-11-5-17(6-12-21)23(27)14-22(18-4-2-3-16(13-18)15-24)25-19-7-9-20(10-8-19)26(28)29/h2-13,22,25H,14H2,1H3. The quantitative estimate of drug-likeness (QED) is 0.327. The number of nitrogens with zero attached hydrogens (tertiary/aromatic N) is 2. The maximum atomic E-state index is 12.9. The number of Topliss-reactive ketones (excluding diaryl/α,β-unsaturated/α-hetero) is 1. The number of rotatable bonds is 8. The number of nitriles is 1. The first kappa shape index (κ1) is 20.6. The Bertz CT molecular complexity index is 1090. The van der Waals surface area contributed by atoms with Crippen LogP contribution in [0.4, 0.5) is 11.4 Å². The summed E-state index contributed by atoms with van der Waals surface area (Å²) in [6, 6.07) is 21.5. The van der Waals surface area contributed by atoms with Crippen molar-refractivity contribution >= 4 is 17.2 Å². The van der Waals surface area contributed by atoms with Crippen molar-refractivity contribution in [3.05, 3.63) is 99.6 Å². The van der Waals surface area contributed by atoms with E-state index in [1.165, 1.54) is 12.1 Å². The van der Waals surface area contributed by atoms with E-state index in [1.807, 2.05) is 6.07 Å². The number of anilines is 1. The largest absolute Gasteiger partial charge is 0.497 e. The fourth-order valence-electron chi connectivity index (χ4n) is 3.04. The Hall–Kier alpha value is -4.18. The van der Waals surface area contributed by atoms with E-state index in [1.54, 1.807) is 61.7 Å². The summed E-state index contributed by atoms with van der Waals surface area (Å²) in [5.41, 5.74) is 2.42. The minimum absolute atomic E-state index is 0.0158. The molecule has 0 radical (unpaired) electrons. The molecule has 3 aromatic carbocycles. The van der Waals surface area contributed by atoms with E-state index >= 15 is 0 Å². The van der Waals surface area contributed by atoms with E-state index in [0.29, 0.717) is 22.6 Å². The maximum absolute atomic E-state index is 12.9. The van der Waals surface area contributed by atoms with E-state index in [2.05, 4.69) is 11.4 Å². The van der Waals surface area contributed by atoms with Crippen LogP contribution in [0.25, 0.3) is 0 Å². The zero-order chi connectivity index (χ0) is 21.5. The second-order valence-electron chi connectivity index (χ2n) is 6.59. The van der Waals surface area contributed by atoms with Gasteiger partial charge >= 0.3 is 0 Å². The van der Waals surface area contributed by atoms with Crippen LogP contribution in [0.15, 0.2) is 72.8 Å². The molecule has 3 rings (SSSR count). The molecule has 7 nitrogen and oxygen atoms in total. The molecule has 0 bridgehead atoms. The topological polar surface area (TPSA) is 105 Å². The number of nitro groups is 1. The molecule has 1 N–H and O–H groups in total. The summed E-state index contributed by atoms with van der Waals surface area (Å²) in [6.45, 7) is 0. The summed E-state index contributed by atoms with van der Waals surface area (Å²) in [5.74, 6) is 0.577. The normalized spacial score (nSPS) is 11.2. The van der Waals surface area contributed by atoms with E-state index in [-0.39, 0.29) is 17.9 Å². The molecule has 150 valence electrons. The summed E-state index contributed by atoms with van der Waals surface area (Å²) < 4.78 is 5.13. The molecule has 0 heterocycles. The lowest BCUT2D eigenvalue weighted by atomic mass is 9.96. The van der Waals surface area contributed by atoms with Crippen molar-refractivity contribution in [3.8, 4) is 11.8 Å². The number of hydrogen-bond donors (Lipinski definition) is 1. The van der Waals surface area contributed by atoms with Gasteiger partial charge in [0.15, 0.2) is 5.78 Å². The van der Waals surface area contributed by atoms with E-state index in [0.717, 1.165) is 5.56 Å². The first-order valence-corrected chi connectivity index (χ1v) is 9.18. The molecule has 0 aliphatic rings. The molecule has 1 atom stereocenters. The van der Waals surface area contributed by atoms with Crippen molar-refractivity contribution in [3.63, 3.8) is 0 Å². The molecule has 0 fully saturated rings. The van der Waals surface area contributed by atoms with Crippen LogP contribution < -0.4 is 10.1 Å². The van der Waals surface area contributed by atoms with Crippen LogP contribution >= 0.6 is 0 Å². The molecule has 30 heavy (non-hydrogen) atoms. The van der Waals surface area contributed by atoms with Crippen molar-refractivity contribution in [2.45, 2.75) is 12.5 Å². The lowest BCUT2D eigenvalue weighted by Crippen LogP contribution is -2.16. The number of carbonyl (C=O) groups excluding carboxylic acids is 1. The average Bonchev–Trinajstić information content (AvgIpc) is 2.79. The van der Waals surface area contributed by atoms with Crippen molar-refractivity contribution in [1.82, 2.24) is 0 Å². The summed E-state index contributed by atoms with van der Waals surface area (Å²) in [4.78, 5) is 23.3. The zero-order valence-electron chi connectivity index (χ0n) is 16.2. The van der Waals surface area contributed by atoms with Crippen molar-refractivity contribution in [1.29, 1.82) is 5.26 Å². The molecule has 7 heteroatoms. The van der Waals surface area contributed by atoms with E-state index in [4.69, 9.17) is 4.74 Å². The van der Waals surface area contributed by atoms with Crippen molar-refractivity contribution in [2.24, 2.45) is 0 Å². The van der Waals surface area contributed by atoms with Crippen LogP contribution in [0.2, 0.25) is 0 Å². The van der Waals surface area contributed by atoms with Crippen LogP contribution in [-0.2, 0) is 0 Å². The zero-order valence-corrected chi connectivity index (χ0v) is 16.2. The average molecular weight is 401 g/mol. The number of methoxy groups -OCH3 is 1. The number of benzene rings is 3. The predicted molar refractivity (Wildman–Crippen MR) is 113 cm³/mol. The minimum atomic E-state index is -0.467. The van der Waals surface area contributed by atoms with Crippen LogP contribution in [0.3, 0.4) is 0 Å². The molecule has 0 aliphatic carbocycles. The van der Waals surface area contributed by atoms with Crippen LogP contribution in [0, 0.1) is 21.4 Å². The Balaban J connectivity index is 1.87. The Kier molecular flexibility index (Phi) is 6.40. The SMILES string of the molecule is COc1ccc(C(=O)CC(Nc2ccc([N+](=O)[O-])cc2)c2cccc(C#N)c2)cc1. The van der Waals surface area contributed by atoms with Crippen molar-refractivity contribution in [2.75, 3.05) is 12.4 Å². The molecule has 0 aromatic heterocycles. The summed E-state index contributed by atoms with van der Waals surface area (Å²) >= 11 is 0. The van der Waals surface area contributed by atoms with Gasteiger partial charge in [0.05, 0.1) is 29.7 Å². The first-order chi connectivity index (χ1) is 14.5. The minimum Gasteiger partial charge on any atom is -0.497 e. The third-order valence-corrected chi connectivity index (χ3v) is 4.64. The monoisotopic (exact) mass is 401 g/mol. The summed E-state index contributed by atoms with van der Waals surface area (Å²) in [6.07, 6.45) is 0.137. The van der Waals surface area contributed by atoms with E-state index < -0.39 is 11.0 Å². The van der Waals surface area contributed by atoms with Crippen LogP contribution in [0.1, 0.15) is 33.9 Å². The van der Waals surface area contributed by atoms with Gasteiger partial charge in [-0.15, -0.1) is 0 Å². The summed E-state index contributed by atoms with van der Waals surface area (Å²) in [5, 5.41) is 23.3. The lowest BCUT2D eigenvalue weighted by Gasteiger charge is -2.20. The van der Waals surface area contributed by atoms with Gasteiger partial charge < -0.3 is 10.1 Å². The number of non-ortho nitro benzene ring substituents is 1. The number of carbonyl (C=O) groups is 1. The Morgan fingerprint density at radius 1 is 1.13 bits per heavy atom. The Labute approximate surface area is 173 Å². The molecule has 3 aromatic rings. The van der Waals surface area contributed by atoms with Gasteiger partial charge in [-0.3, -0.25) is 14.9 Å². The highest BCUT2D eigenvalue weighted by Gasteiger charge is 2.18. The van der Waals surface area contributed by atoms with Gasteiger partial charge in [0.2, 0.25) is 0 Å². The maximum Gasteiger partial charge on any atom is 0.269 e. The number of ketones is 1. The van der Waals surface area contributed by atoms with Crippen LogP contribution in [-0.4, -0.2) is 17.8 Å². The van der Waals surface area contributed by atoms with Gasteiger partial charge in [-0.25, -0.2) is 0 Å². The molecule has 0 aliphatic heterocycles. The molecular formula is C23H19N3O4. The third kappa shape index (κ3) is 5.00. The van der Waals surface area contributed by atoms with Gasteiger partial charge in [0.1, 0.15) is 5.75 Å². The second kappa shape index (κ2) is 9.34. The molecule has 0 saturated heterocycles.